The Labute approximate surface area is 70.6 Å². The zero-order chi connectivity index (χ0) is 8.97. The van der Waals surface area contributed by atoms with Crippen LogP contribution < -0.4 is 0 Å². The van der Waals surface area contributed by atoms with E-state index in [4.69, 9.17) is 4.74 Å². The van der Waals surface area contributed by atoms with Crippen molar-refractivity contribution in [3.63, 3.8) is 0 Å². The number of rotatable bonds is 2. The number of hydrogen-bond donors (Lipinski definition) is 0. The molecule has 1 aromatic rings. The van der Waals surface area contributed by atoms with E-state index in [1.54, 1.807) is 37.4 Å². The van der Waals surface area contributed by atoms with Crippen LogP contribution in [0.5, 0.6) is 0 Å². The molecule has 1 heterocycles. The van der Waals surface area contributed by atoms with E-state index < -0.39 is 0 Å². The molecule has 12 heavy (non-hydrogen) atoms. The molecular formula is C7H11N3O2. The molecule has 0 bridgehead atoms. The molecule has 0 atom stereocenters. The van der Waals surface area contributed by atoms with Crippen LogP contribution in [0.15, 0.2) is 18.7 Å². The van der Waals surface area contributed by atoms with Gasteiger partial charge in [0.25, 0.3) is 0 Å². The fourth-order valence-corrected chi connectivity index (χ4v) is 0.622. The lowest BCUT2D eigenvalue weighted by atomic mass is 10.9. The molecule has 1 amide bonds. The van der Waals surface area contributed by atoms with Gasteiger partial charge in [-0.1, -0.05) is 0 Å². The molecule has 5 nitrogen and oxygen atoms in total. The SMILES string of the molecule is CN(C)C(=O)OCn1ccnc1. The predicted octanol–water partition coefficient (Wildman–Crippen LogP) is 0.539. The van der Waals surface area contributed by atoms with E-state index in [1.165, 1.54) is 4.90 Å². The summed E-state index contributed by atoms with van der Waals surface area (Å²) in [5.74, 6) is 0. The van der Waals surface area contributed by atoms with Crippen molar-refractivity contribution in [3.8, 4) is 0 Å². The quantitative estimate of drug-likeness (QED) is 0.649. The predicted molar refractivity (Wildman–Crippen MR) is 42.4 cm³/mol. The van der Waals surface area contributed by atoms with Crippen molar-refractivity contribution in [1.29, 1.82) is 0 Å². The molecule has 0 unspecified atom stereocenters. The molecule has 0 N–H and O–H groups in total. The molecule has 0 fully saturated rings. The fraction of sp³-hybridized carbons (Fsp3) is 0.429. The second-order valence-corrected chi connectivity index (χ2v) is 2.51. The summed E-state index contributed by atoms with van der Waals surface area (Å²) in [6.07, 6.45) is 4.58. The summed E-state index contributed by atoms with van der Waals surface area (Å²) in [5, 5.41) is 0. The van der Waals surface area contributed by atoms with Gasteiger partial charge in [-0.25, -0.2) is 9.78 Å². The number of nitrogens with zero attached hydrogens (tertiary/aromatic N) is 3. The van der Waals surface area contributed by atoms with Crippen LogP contribution in [0.3, 0.4) is 0 Å². The van der Waals surface area contributed by atoms with Crippen molar-refractivity contribution in [2.75, 3.05) is 14.1 Å². The van der Waals surface area contributed by atoms with Gasteiger partial charge in [0.05, 0.1) is 6.33 Å². The van der Waals surface area contributed by atoms with E-state index >= 15 is 0 Å². The third-order valence-corrected chi connectivity index (χ3v) is 1.26. The van der Waals surface area contributed by atoms with E-state index in [2.05, 4.69) is 4.98 Å². The Kier molecular flexibility index (Phi) is 2.68. The van der Waals surface area contributed by atoms with Gasteiger partial charge in [-0.2, -0.15) is 0 Å². The summed E-state index contributed by atoms with van der Waals surface area (Å²) in [6, 6.07) is 0. The summed E-state index contributed by atoms with van der Waals surface area (Å²) < 4.78 is 6.53. The van der Waals surface area contributed by atoms with Gasteiger partial charge in [0, 0.05) is 26.5 Å². The molecular weight excluding hydrogens is 158 g/mol. The lowest BCUT2D eigenvalue weighted by Crippen LogP contribution is -2.23. The minimum absolute atomic E-state index is 0.205. The first-order valence-corrected chi connectivity index (χ1v) is 3.50. The topological polar surface area (TPSA) is 47.4 Å². The van der Waals surface area contributed by atoms with Crippen molar-refractivity contribution >= 4 is 6.09 Å². The van der Waals surface area contributed by atoms with Gasteiger partial charge >= 0.3 is 6.09 Å². The monoisotopic (exact) mass is 169 g/mol. The van der Waals surface area contributed by atoms with E-state index in [1.807, 2.05) is 0 Å². The zero-order valence-electron chi connectivity index (χ0n) is 7.10. The summed E-state index contributed by atoms with van der Waals surface area (Å²) in [4.78, 5) is 16.1. The molecule has 1 rings (SSSR count). The number of ether oxygens (including phenoxy) is 1. The van der Waals surface area contributed by atoms with Gasteiger partial charge in [0.15, 0.2) is 6.73 Å². The first-order chi connectivity index (χ1) is 5.70. The Hall–Kier alpha value is -1.52. The number of carbonyl (C=O) groups is 1. The maximum absolute atomic E-state index is 10.9. The summed E-state index contributed by atoms with van der Waals surface area (Å²) in [7, 11) is 3.27. The largest absolute Gasteiger partial charge is 0.428 e. The van der Waals surface area contributed by atoms with Crippen LogP contribution in [0.2, 0.25) is 0 Å². The molecule has 1 aromatic heterocycles. The third-order valence-electron chi connectivity index (χ3n) is 1.26. The number of carbonyl (C=O) groups excluding carboxylic acids is 1. The van der Waals surface area contributed by atoms with E-state index in [0.29, 0.717) is 0 Å². The third kappa shape index (κ3) is 2.26. The normalized spacial score (nSPS) is 9.50. The highest BCUT2D eigenvalue weighted by molar-refractivity contribution is 5.66. The molecule has 0 aromatic carbocycles. The van der Waals surface area contributed by atoms with Crippen LogP contribution in [-0.4, -0.2) is 34.6 Å². The first-order valence-electron chi connectivity index (χ1n) is 3.50. The minimum atomic E-state index is -0.358. The number of hydrogen-bond acceptors (Lipinski definition) is 3. The van der Waals surface area contributed by atoms with Gasteiger partial charge in [0.2, 0.25) is 0 Å². The van der Waals surface area contributed by atoms with Crippen LogP contribution in [-0.2, 0) is 11.5 Å². The molecule has 0 radical (unpaired) electrons. The molecule has 0 saturated carbocycles. The number of aromatic nitrogens is 2. The molecule has 0 spiro atoms. The van der Waals surface area contributed by atoms with Crippen LogP contribution in [0, 0.1) is 0 Å². The standard InChI is InChI=1S/C7H11N3O2/c1-9(2)7(11)12-6-10-4-3-8-5-10/h3-5H,6H2,1-2H3. The molecule has 66 valence electrons. The Morgan fingerprint density at radius 3 is 2.92 bits per heavy atom. The maximum Gasteiger partial charge on any atom is 0.410 e. The van der Waals surface area contributed by atoms with E-state index in [-0.39, 0.29) is 12.8 Å². The lowest BCUT2D eigenvalue weighted by Gasteiger charge is -2.10. The highest BCUT2D eigenvalue weighted by Gasteiger charge is 2.03. The molecule has 5 heteroatoms. The molecule has 0 aliphatic heterocycles. The highest BCUT2D eigenvalue weighted by atomic mass is 16.6. The lowest BCUT2D eigenvalue weighted by molar-refractivity contribution is 0.0890. The Balaban J connectivity index is 2.32. The second-order valence-electron chi connectivity index (χ2n) is 2.51. The van der Waals surface area contributed by atoms with Crippen molar-refractivity contribution < 1.29 is 9.53 Å². The summed E-state index contributed by atoms with van der Waals surface area (Å²) >= 11 is 0. The number of amides is 1. The fourth-order valence-electron chi connectivity index (χ4n) is 0.622. The summed E-state index contributed by atoms with van der Waals surface area (Å²) in [5.41, 5.74) is 0. The van der Waals surface area contributed by atoms with Crippen LogP contribution in [0.1, 0.15) is 0 Å². The van der Waals surface area contributed by atoms with Gasteiger partial charge in [-0.05, 0) is 0 Å². The van der Waals surface area contributed by atoms with Crippen molar-refractivity contribution in [3.05, 3.63) is 18.7 Å². The van der Waals surface area contributed by atoms with Crippen molar-refractivity contribution in [2.24, 2.45) is 0 Å². The zero-order valence-corrected chi connectivity index (χ0v) is 7.10. The number of imidazole rings is 1. The highest BCUT2D eigenvalue weighted by Crippen LogP contribution is 1.90. The molecule has 0 aliphatic carbocycles. The minimum Gasteiger partial charge on any atom is -0.428 e. The average Bonchev–Trinajstić information content (AvgIpc) is 2.51. The van der Waals surface area contributed by atoms with Crippen LogP contribution in [0.4, 0.5) is 4.79 Å². The molecule has 0 saturated heterocycles. The van der Waals surface area contributed by atoms with Gasteiger partial charge in [0.1, 0.15) is 0 Å². The second kappa shape index (κ2) is 3.75. The van der Waals surface area contributed by atoms with Gasteiger partial charge in [-0.15, -0.1) is 0 Å². The maximum atomic E-state index is 10.9. The van der Waals surface area contributed by atoms with Gasteiger partial charge < -0.3 is 14.2 Å². The first kappa shape index (κ1) is 8.58. The van der Waals surface area contributed by atoms with Crippen molar-refractivity contribution in [1.82, 2.24) is 14.5 Å². The Morgan fingerprint density at radius 2 is 2.42 bits per heavy atom. The van der Waals surface area contributed by atoms with Crippen LogP contribution >= 0.6 is 0 Å². The smallest absolute Gasteiger partial charge is 0.410 e. The van der Waals surface area contributed by atoms with Crippen molar-refractivity contribution in [2.45, 2.75) is 6.73 Å². The van der Waals surface area contributed by atoms with E-state index in [9.17, 15) is 4.79 Å². The van der Waals surface area contributed by atoms with Gasteiger partial charge in [-0.3, -0.25) is 0 Å². The Morgan fingerprint density at radius 1 is 1.67 bits per heavy atom. The average molecular weight is 169 g/mol. The van der Waals surface area contributed by atoms with E-state index in [0.717, 1.165) is 0 Å². The Bertz CT molecular complexity index is 243. The summed E-state index contributed by atoms with van der Waals surface area (Å²) in [6.45, 7) is 0.205. The molecule has 0 aliphatic rings. The van der Waals surface area contributed by atoms with Crippen LogP contribution in [0.25, 0.3) is 0 Å².